The van der Waals surface area contributed by atoms with Crippen LogP contribution in [0, 0.1) is 32.3 Å². The van der Waals surface area contributed by atoms with Gasteiger partial charge in [-0.05, 0) is 99.5 Å². The molecule has 3 aromatic rings. The maximum atomic E-state index is 12.9. The predicted molar refractivity (Wildman–Crippen MR) is 136 cm³/mol. The van der Waals surface area contributed by atoms with Crippen LogP contribution >= 0.6 is 56.8 Å². The molecule has 3 nitrogen and oxygen atoms in total. The maximum Gasteiger partial charge on any atom is 0.171 e. The zero-order chi connectivity index (χ0) is 22.0. The van der Waals surface area contributed by atoms with Crippen LogP contribution in [0.4, 0.5) is 0 Å². The number of nitrogens with zero attached hydrogens (tertiary/aromatic N) is 1. The van der Waals surface area contributed by atoms with Gasteiger partial charge in [-0.25, -0.2) is 0 Å². The van der Waals surface area contributed by atoms with Crippen molar-refractivity contribution in [3.63, 3.8) is 0 Å². The van der Waals surface area contributed by atoms with Crippen LogP contribution in [0.3, 0.4) is 0 Å². The van der Waals surface area contributed by atoms with E-state index in [1.54, 1.807) is 12.1 Å². The van der Waals surface area contributed by atoms with Gasteiger partial charge in [-0.3, -0.25) is 4.79 Å². The van der Waals surface area contributed by atoms with Gasteiger partial charge in [0.1, 0.15) is 5.75 Å². The molecule has 1 N–H and O–H groups in total. The number of hydrogen-bond acceptors (Lipinski definition) is 3. The van der Waals surface area contributed by atoms with Gasteiger partial charge in [0.25, 0.3) is 0 Å². The van der Waals surface area contributed by atoms with E-state index in [0.717, 1.165) is 31.4 Å². The molecule has 0 aliphatic rings. The molecular weight excluding hydrogens is 624 g/mol. The number of benzene rings is 3. The molecule has 0 aliphatic carbocycles. The molecule has 6 heteroatoms. The molecule has 3 rings (SSSR count). The first-order valence-corrected chi connectivity index (χ1v) is 11.7. The number of ketones is 1. The van der Waals surface area contributed by atoms with Crippen molar-refractivity contribution in [1.82, 2.24) is 0 Å². The van der Waals surface area contributed by atoms with Gasteiger partial charge < -0.3 is 5.11 Å². The van der Waals surface area contributed by atoms with Crippen LogP contribution in [-0.2, 0) is 6.42 Å². The van der Waals surface area contributed by atoms with Crippen molar-refractivity contribution < 1.29 is 9.90 Å². The Morgan fingerprint density at radius 2 is 1.80 bits per heavy atom. The number of carbonyl (C=O) groups excluding carboxylic acids is 1. The van der Waals surface area contributed by atoms with Crippen LogP contribution in [0.5, 0.6) is 5.75 Å². The highest BCUT2D eigenvalue weighted by Crippen LogP contribution is 2.34. The van der Waals surface area contributed by atoms with Crippen molar-refractivity contribution in [2.75, 3.05) is 0 Å². The summed E-state index contributed by atoms with van der Waals surface area (Å²) in [6.45, 7) is 3.91. The molecular formula is C24H18ClI2NO2. The van der Waals surface area contributed by atoms with E-state index < -0.39 is 5.92 Å². The second-order valence-electron chi connectivity index (χ2n) is 7.16. The largest absolute Gasteiger partial charge is 0.506 e. The average Bonchev–Trinajstić information content (AvgIpc) is 2.70. The van der Waals surface area contributed by atoms with E-state index in [-0.39, 0.29) is 18.0 Å². The third-order valence-corrected chi connectivity index (χ3v) is 6.76. The van der Waals surface area contributed by atoms with E-state index in [9.17, 15) is 15.2 Å². The molecule has 0 amide bonds. The first-order chi connectivity index (χ1) is 14.2. The maximum absolute atomic E-state index is 12.9. The first kappa shape index (κ1) is 23.0. The highest BCUT2D eigenvalue weighted by atomic mass is 127. The van der Waals surface area contributed by atoms with E-state index in [1.165, 1.54) is 0 Å². The Balaban J connectivity index is 1.94. The summed E-state index contributed by atoms with van der Waals surface area (Å²) in [5, 5.41) is 20.5. The highest BCUT2D eigenvalue weighted by molar-refractivity contribution is 14.1. The molecule has 0 saturated carbocycles. The Bertz CT molecular complexity index is 1170. The lowest BCUT2D eigenvalue weighted by atomic mass is 9.89. The smallest absolute Gasteiger partial charge is 0.171 e. The van der Waals surface area contributed by atoms with E-state index in [2.05, 4.69) is 28.7 Å². The van der Waals surface area contributed by atoms with Gasteiger partial charge in [-0.2, -0.15) is 5.26 Å². The third kappa shape index (κ3) is 4.98. The molecule has 0 saturated heterocycles. The van der Waals surface area contributed by atoms with E-state index in [4.69, 9.17) is 11.6 Å². The summed E-state index contributed by atoms with van der Waals surface area (Å²) in [6.07, 6.45) is 0.122. The summed E-state index contributed by atoms with van der Waals surface area (Å²) >= 11 is 10.7. The SMILES string of the molecule is Cc1ccc(C(C#N)c2cc(C)c(CC(=O)c3cc(I)cc(I)c3O)cc2Cl)cc1. The molecule has 0 spiro atoms. The van der Waals surface area contributed by atoms with Gasteiger partial charge in [-0.15, -0.1) is 0 Å². The number of carbonyl (C=O) groups is 1. The van der Waals surface area contributed by atoms with Gasteiger partial charge in [0.2, 0.25) is 0 Å². The van der Waals surface area contributed by atoms with Crippen molar-refractivity contribution in [1.29, 1.82) is 5.26 Å². The summed E-state index contributed by atoms with van der Waals surface area (Å²) < 4.78 is 1.53. The Morgan fingerprint density at radius 3 is 2.43 bits per heavy atom. The van der Waals surface area contributed by atoms with Gasteiger partial charge in [0.15, 0.2) is 5.78 Å². The molecule has 0 radical (unpaired) electrons. The Labute approximate surface area is 208 Å². The number of aromatic hydroxyl groups is 1. The Hall–Kier alpha value is -1.63. The molecule has 1 atom stereocenters. The fourth-order valence-corrected chi connectivity index (χ4v) is 5.43. The molecule has 0 fully saturated rings. The van der Waals surface area contributed by atoms with Gasteiger partial charge in [0, 0.05) is 15.0 Å². The quantitative estimate of drug-likeness (QED) is 0.242. The van der Waals surface area contributed by atoms with Crippen LogP contribution in [0.25, 0.3) is 0 Å². The monoisotopic (exact) mass is 641 g/mol. The molecule has 30 heavy (non-hydrogen) atoms. The number of phenolic OH excluding ortho intramolecular Hbond substituents is 1. The Kier molecular flexibility index (Phi) is 7.43. The van der Waals surface area contributed by atoms with Crippen molar-refractivity contribution in [2.24, 2.45) is 0 Å². The minimum absolute atomic E-state index is 0.00491. The minimum atomic E-state index is -0.483. The zero-order valence-corrected chi connectivity index (χ0v) is 21.4. The lowest BCUT2D eigenvalue weighted by Crippen LogP contribution is -2.08. The van der Waals surface area contributed by atoms with Crippen LogP contribution in [-0.4, -0.2) is 10.9 Å². The Morgan fingerprint density at radius 1 is 1.13 bits per heavy atom. The van der Waals surface area contributed by atoms with E-state index in [0.29, 0.717) is 14.2 Å². The zero-order valence-electron chi connectivity index (χ0n) is 16.3. The van der Waals surface area contributed by atoms with Crippen molar-refractivity contribution in [3.05, 3.63) is 94.1 Å². The minimum Gasteiger partial charge on any atom is -0.506 e. The lowest BCUT2D eigenvalue weighted by Gasteiger charge is -2.16. The predicted octanol–water partition coefficient (Wildman–Crippen LogP) is 6.95. The summed E-state index contributed by atoms with van der Waals surface area (Å²) in [5.74, 6) is -0.653. The summed E-state index contributed by atoms with van der Waals surface area (Å²) in [6, 6.07) is 17.3. The van der Waals surface area contributed by atoms with Crippen molar-refractivity contribution >= 4 is 62.6 Å². The van der Waals surface area contributed by atoms with Crippen molar-refractivity contribution in [2.45, 2.75) is 26.2 Å². The number of Topliss-reactive ketones (excluding diaryl/α,β-unsaturated/α-hetero) is 1. The van der Waals surface area contributed by atoms with Crippen LogP contribution < -0.4 is 0 Å². The summed E-state index contributed by atoms with van der Waals surface area (Å²) in [5.41, 5.74) is 4.70. The molecule has 1 unspecified atom stereocenters. The van der Waals surface area contributed by atoms with E-state index >= 15 is 0 Å². The topological polar surface area (TPSA) is 61.1 Å². The first-order valence-electron chi connectivity index (χ1n) is 9.17. The number of aryl methyl sites for hydroxylation is 2. The van der Waals surface area contributed by atoms with Gasteiger partial charge in [-0.1, -0.05) is 47.5 Å². The molecule has 0 heterocycles. The summed E-state index contributed by atoms with van der Waals surface area (Å²) in [4.78, 5) is 12.9. The number of halogens is 3. The second kappa shape index (κ2) is 9.67. The molecule has 152 valence electrons. The molecule has 0 bridgehead atoms. The van der Waals surface area contributed by atoms with Crippen LogP contribution in [0.15, 0.2) is 48.5 Å². The normalized spacial score (nSPS) is 11.7. The third-order valence-electron chi connectivity index (χ3n) is 4.99. The van der Waals surface area contributed by atoms with E-state index in [1.807, 2.05) is 72.8 Å². The fraction of sp³-hybridized carbons (Fsp3) is 0.167. The standard InChI is InChI=1S/C24H18ClI2NO2/c1-13-3-5-15(6-4-13)20(12-28)18-7-14(2)16(8-21(18)25)9-23(29)19-10-17(26)11-22(27)24(19)30/h3-8,10-11,20,30H,9H2,1-2H3. The van der Waals surface area contributed by atoms with Gasteiger partial charge >= 0.3 is 0 Å². The summed E-state index contributed by atoms with van der Waals surface area (Å²) in [7, 11) is 0. The number of phenols is 1. The number of rotatable bonds is 5. The number of nitriles is 1. The van der Waals surface area contributed by atoms with Crippen molar-refractivity contribution in [3.8, 4) is 11.8 Å². The lowest BCUT2D eigenvalue weighted by molar-refractivity contribution is 0.0990. The van der Waals surface area contributed by atoms with Crippen LogP contribution in [0.2, 0.25) is 5.02 Å². The van der Waals surface area contributed by atoms with Crippen LogP contribution in [0.1, 0.15) is 44.1 Å². The molecule has 0 aliphatic heterocycles. The second-order valence-corrected chi connectivity index (χ2v) is 9.97. The molecule has 0 aromatic heterocycles. The highest BCUT2D eigenvalue weighted by Gasteiger charge is 2.21. The molecule has 3 aromatic carbocycles. The average molecular weight is 642 g/mol. The van der Waals surface area contributed by atoms with Gasteiger partial charge in [0.05, 0.1) is 21.1 Å². The fourth-order valence-electron chi connectivity index (χ4n) is 3.29. The number of hydrogen-bond donors (Lipinski definition) is 1.